The van der Waals surface area contributed by atoms with Crippen LogP contribution in [-0.4, -0.2) is 17.4 Å². The Hall–Kier alpha value is -1.04. The molecule has 5 heteroatoms. The van der Waals surface area contributed by atoms with E-state index < -0.39 is 0 Å². The number of hydrogen-bond donors (Lipinski definition) is 2. The van der Waals surface area contributed by atoms with Crippen LogP contribution in [0.3, 0.4) is 0 Å². The van der Waals surface area contributed by atoms with Crippen LogP contribution in [0.25, 0.3) is 0 Å². The lowest BCUT2D eigenvalue weighted by Crippen LogP contribution is -2.30. The van der Waals surface area contributed by atoms with Gasteiger partial charge in [-0.3, -0.25) is 0 Å². The molecule has 1 aromatic heterocycles. The number of thiophene rings is 1. The van der Waals surface area contributed by atoms with Crippen LogP contribution in [0.15, 0.2) is 35.0 Å². The summed E-state index contributed by atoms with van der Waals surface area (Å²) in [5, 5.41) is 11.5. The number of thioether (sulfide) groups is 1. The van der Waals surface area contributed by atoms with Crippen LogP contribution in [0.1, 0.15) is 16.7 Å². The number of thiocarbonyl (C=S) groups is 1. The van der Waals surface area contributed by atoms with Crippen molar-refractivity contribution in [1.29, 1.82) is 0 Å². The lowest BCUT2D eigenvalue weighted by molar-refractivity contribution is 0.990. The van der Waals surface area contributed by atoms with E-state index in [1.807, 2.05) is 11.8 Å². The highest BCUT2D eigenvalue weighted by Gasteiger charge is 2.00. The Balaban J connectivity index is 1.64. The number of nitrogens with one attached hydrogen (secondary N) is 2. The van der Waals surface area contributed by atoms with Crippen LogP contribution in [-0.2, 0) is 5.75 Å². The van der Waals surface area contributed by atoms with Gasteiger partial charge in [0.25, 0.3) is 0 Å². The van der Waals surface area contributed by atoms with Crippen LogP contribution in [0.2, 0.25) is 0 Å². The van der Waals surface area contributed by atoms with Crippen LogP contribution in [0.4, 0.5) is 5.69 Å². The maximum atomic E-state index is 5.31. The van der Waals surface area contributed by atoms with Crippen molar-refractivity contribution in [3.05, 3.63) is 51.7 Å². The van der Waals surface area contributed by atoms with Crippen LogP contribution in [0.5, 0.6) is 0 Å². The molecule has 0 bridgehead atoms. The van der Waals surface area contributed by atoms with Crippen LogP contribution in [0, 0.1) is 13.8 Å². The SMILES string of the molecule is Cc1ccc(NC(=S)NCCSCc2ccsc2)cc1C. The van der Waals surface area contributed by atoms with E-state index in [-0.39, 0.29) is 0 Å². The van der Waals surface area contributed by atoms with Gasteiger partial charge in [-0.2, -0.15) is 23.1 Å². The normalized spacial score (nSPS) is 10.4. The van der Waals surface area contributed by atoms with E-state index in [4.69, 9.17) is 12.2 Å². The molecule has 0 unspecified atom stereocenters. The van der Waals surface area contributed by atoms with Gasteiger partial charge < -0.3 is 10.6 Å². The minimum atomic E-state index is 0.689. The lowest BCUT2D eigenvalue weighted by Gasteiger charge is -2.11. The van der Waals surface area contributed by atoms with Crippen molar-refractivity contribution in [3.63, 3.8) is 0 Å². The zero-order valence-electron chi connectivity index (χ0n) is 12.3. The molecule has 0 atom stereocenters. The Kier molecular flexibility index (Phi) is 6.54. The molecule has 1 aromatic carbocycles. The second-order valence-corrected chi connectivity index (χ2v) is 7.16. The van der Waals surface area contributed by atoms with Gasteiger partial charge in [-0.1, -0.05) is 6.07 Å². The number of hydrogen-bond acceptors (Lipinski definition) is 3. The van der Waals surface area contributed by atoms with Gasteiger partial charge in [0.05, 0.1) is 0 Å². The molecule has 0 spiro atoms. The molecule has 0 amide bonds. The van der Waals surface area contributed by atoms with Crippen LogP contribution < -0.4 is 10.6 Å². The summed E-state index contributed by atoms with van der Waals surface area (Å²) in [4.78, 5) is 0. The largest absolute Gasteiger partial charge is 0.362 e. The monoisotopic (exact) mass is 336 g/mol. The molecule has 1 heterocycles. The first-order valence-corrected chi connectivity index (χ1v) is 9.36. The van der Waals surface area contributed by atoms with Gasteiger partial charge in [-0.15, -0.1) is 0 Å². The highest BCUT2D eigenvalue weighted by atomic mass is 32.2. The fourth-order valence-corrected chi connectivity index (χ4v) is 3.60. The van der Waals surface area contributed by atoms with Crippen molar-refractivity contribution in [2.45, 2.75) is 19.6 Å². The highest BCUT2D eigenvalue weighted by Crippen LogP contribution is 2.15. The molecule has 2 aromatic rings. The van der Waals surface area contributed by atoms with Crippen molar-refractivity contribution in [2.75, 3.05) is 17.6 Å². The van der Waals surface area contributed by atoms with Gasteiger partial charge in [-0.05, 0) is 71.7 Å². The third kappa shape index (κ3) is 5.69. The summed E-state index contributed by atoms with van der Waals surface area (Å²) in [6.07, 6.45) is 0. The average molecular weight is 337 g/mol. The summed E-state index contributed by atoms with van der Waals surface area (Å²) in [7, 11) is 0. The number of aryl methyl sites for hydroxylation is 2. The molecule has 21 heavy (non-hydrogen) atoms. The predicted molar refractivity (Wildman–Crippen MR) is 101 cm³/mol. The lowest BCUT2D eigenvalue weighted by atomic mass is 10.1. The smallest absolute Gasteiger partial charge is 0.170 e. The molecule has 0 fully saturated rings. The summed E-state index contributed by atoms with van der Waals surface area (Å²) in [5.41, 5.74) is 5.01. The Labute approximate surface area is 140 Å². The first kappa shape index (κ1) is 16.3. The number of rotatable bonds is 6. The first-order chi connectivity index (χ1) is 10.1. The minimum Gasteiger partial charge on any atom is -0.362 e. The summed E-state index contributed by atoms with van der Waals surface area (Å²) in [6, 6.07) is 8.46. The Morgan fingerprint density at radius 1 is 1.24 bits per heavy atom. The molecule has 2 rings (SSSR count). The van der Waals surface area contributed by atoms with E-state index in [0.717, 1.165) is 23.7 Å². The molecule has 112 valence electrons. The average Bonchev–Trinajstić information content (AvgIpc) is 2.96. The molecule has 0 aliphatic rings. The van der Waals surface area contributed by atoms with E-state index in [1.165, 1.54) is 16.7 Å². The molecule has 0 aliphatic heterocycles. The summed E-state index contributed by atoms with van der Waals surface area (Å²) >= 11 is 8.98. The van der Waals surface area contributed by atoms with E-state index in [9.17, 15) is 0 Å². The minimum absolute atomic E-state index is 0.689. The maximum Gasteiger partial charge on any atom is 0.170 e. The van der Waals surface area contributed by atoms with Gasteiger partial charge in [0, 0.05) is 23.7 Å². The molecule has 2 N–H and O–H groups in total. The van der Waals surface area contributed by atoms with E-state index in [2.05, 4.69) is 59.5 Å². The van der Waals surface area contributed by atoms with Gasteiger partial charge in [0.2, 0.25) is 0 Å². The molecule has 0 saturated heterocycles. The Morgan fingerprint density at radius 2 is 2.10 bits per heavy atom. The summed E-state index contributed by atoms with van der Waals surface area (Å²) < 4.78 is 0. The van der Waals surface area contributed by atoms with Crippen molar-refractivity contribution in [1.82, 2.24) is 5.32 Å². The quantitative estimate of drug-likeness (QED) is 0.595. The summed E-state index contributed by atoms with van der Waals surface area (Å²) in [6.45, 7) is 5.10. The second kappa shape index (κ2) is 8.41. The summed E-state index contributed by atoms with van der Waals surface area (Å²) in [5.74, 6) is 2.12. The number of anilines is 1. The standard InChI is InChI=1S/C16H20N2S3/c1-12-3-4-15(9-13(12)2)18-16(19)17-6-8-21-11-14-5-7-20-10-14/h3-5,7,9-10H,6,8,11H2,1-2H3,(H2,17,18,19). The van der Waals surface area contributed by atoms with Gasteiger partial charge in [-0.25, -0.2) is 0 Å². The topological polar surface area (TPSA) is 24.1 Å². The molecular formula is C16H20N2S3. The van der Waals surface area contributed by atoms with Crippen molar-refractivity contribution >= 4 is 46.1 Å². The maximum absolute atomic E-state index is 5.31. The van der Waals surface area contributed by atoms with E-state index in [1.54, 1.807) is 11.3 Å². The molecule has 0 radical (unpaired) electrons. The molecular weight excluding hydrogens is 316 g/mol. The van der Waals surface area contributed by atoms with Crippen molar-refractivity contribution < 1.29 is 0 Å². The molecule has 0 saturated carbocycles. The van der Waals surface area contributed by atoms with Gasteiger partial charge in [0.15, 0.2) is 5.11 Å². The third-order valence-electron chi connectivity index (χ3n) is 3.15. The van der Waals surface area contributed by atoms with Gasteiger partial charge >= 0.3 is 0 Å². The second-order valence-electron chi connectivity index (χ2n) is 4.86. The molecule has 0 aliphatic carbocycles. The Morgan fingerprint density at radius 3 is 2.81 bits per heavy atom. The predicted octanol–water partition coefficient (Wildman–Crippen LogP) is 4.58. The molecule has 2 nitrogen and oxygen atoms in total. The third-order valence-corrected chi connectivity index (χ3v) is 5.15. The van der Waals surface area contributed by atoms with Crippen LogP contribution >= 0.6 is 35.3 Å². The van der Waals surface area contributed by atoms with E-state index >= 15 is 0 Å². The first-order valence-electron chi connectivity index (χ1n) is 6.86. The van der Waals surface area contributed by atoms with Gasteiger partial charge in [0.1, 0.15) is 0 Å². The number of benzene rings is 1. The zero-order chi connectivity index (χ0) is 15.1. The van der Waals surface area contributed by atoms with E-state index in [0.29, 0.717) is 5.11 Å². The fraction of sp³-hybridized carbons (Fsp3) is 0.312. The van der Waals surface area contributed by atoms with Crippen molar-refractivity contribution in [3.8, 4) is 0 Å². The fourth-order valence-electron chi connectivity index (χ4n) is 1.80. The van der Waals surface area contributed by atoms with Crippen molar-refractivity contribution in [2.24, 2.45) is 0 Å². The highest BCUT2D eigenvalue weighted by molar-refractivity contribution is 7.98. The zero-order valence-corrected chi connectivity index (χ0v) is 14.8. The Bertz CT molecular complexity index is 579.